The molecule has 1 aliphatic heterocycles. The Morgan fingerprint density at radius 3 is 1.73 bits per heavy atom. The molecule has 254 valence electrons. The Labute approximate surface area is 286 Å². The second-order valence-corrected chi connectivity index (χ2v) is 14.7. The summed E-state index contributed by atoms with van der Waals surface area (Å²) in [5.74, 6) is -0.334. The first-order valence-corrected chi connectivity index (χ1v) is 18.6. The molecule has 1 heterocycles. The molecule has 0 spiro atoms. The third-order valence-electron chi connectivity index (χ3n) is 7.46. The van der Waals surface area contributed by atoms with Gasteiger partial charge in [0.2, 0.25) is 0 Å². The second kappa shape index (κ2) is 18.2. The first-order valence-electron chi connectivity index (χ1n) is 15.6. The number of thioether (sulfide) groups is 1. The van der Waals surface area contributed by atoms with Crippen LogP contribution in [0.25, 0.3) is 0 Å². The van der Waals surface area contributed by atoms with Crippen LogP contribution in [-0.2, 0) is 58.1 Å². The van der Waals surface area contributed by atoms with E-state index in [0.717, 1.165) is 27.8 Å². The first-order chi connectivity index (χ1) is 23.3. The van der Waals surface area contributed by atoms with E-state index in [1.807, 2.05) is 121 Å². The van der Waals surface area contributed by atoms with E-state index in [4.69, 9.17) is 28.4 Å². The van der Waals surface area contributed by atoms with E-state index in [9.17, 15) is 13.2 Å². The Bertz CT molecular complexity index is 1620. The summed E-state index contributed by atoms with van der Waals surface area (Å²) in [6.45, 7) is 0.494. The van der Waals surface area contributed by atoms with Crippen LogP contribution in [0.3, 0.4) is 0 Å². The average Bonchev–Trinajstić information content (AvgIpc) is 3.09. The van der Waals surface area contributed by atoms with Gasteiger partial charge in [-0.05, 0) is 28.8 Å². The molecule has 0 amide bonds. The van der Waals surface area contributed by atoms with Crippen molar-refractivity contribution in [3.8, 4) is 0 Å². The number of carbonyl (C=O) groups excluding carboxylic acids is 1. The highest BCUT2D eigenvalue weighted by Crippen LogP contribution is 2.38. The van der Waals surface area contributed by atoms with Crippen molar-refractivity contribution < 1.29 is 41.6 Å². The van der Waals surface area contributed by atoms with Crippen molar-refractivity contribution in [1.29, 1.82) is 0 Å². The van der Waals surface area contributed by atoms with Crippen molar-refractivity contribution in [1.82, 2.24) is 0 Å². The summed E-state index contributed by atoms with van der Waals surface area (Å²) >= 11 is 1.48. The van der Waals surface area contributed by atoms with Gasteiger partial charge >= 0.3 is 6.16 Å². The van der Waals surface area contributed by atoms with Crippen molar-refractivity contribution in [2.45, 2.75) is 54.6 Å². The lowest BCUT2D eigenvalue weighted by Crippen LogP contribution is -2.60. The highest BCUT2D eigenvalue weighted by atomic mass is 32.2. The lowest BCUT2D eigenvalue weighted by atomic mass is 9.99. The van der Waals surface area contributed by atoms with Crippen LogP contribution in [0.5, 0.6) is 0 Å². The fourth-order valence-electron chi connectivity index (χ4n) is 5.07. The standard InChI is InChI=1S/C37H40O9S2/c1-48(39,40)23-22-42-37(38)46-33-32(27-41-24-28-14-6-2-7-15-28)45-36(47-31-20-12-5-13-21-31)35(44-26-30-18-10-4-11-19-30)34(33)43-25-29-16-8-3-9-17-29/h2-21,32-36H,22-27H2,1H3/t32-,33-,34+,35-,36+/m1/s1. The number of rotatable bonds is 16. The van der Waals surface area contributed by atoms with Gasteiger partial charge in [0, 0.05) is 11.2 Å². The molecule has 5 atom stereocenters. The fraction of sp³-hybridized carbons (Fsp3) is 0.324. The molecule has 11 heteroatoms. The lowest BCUT2D eigenvalue weighted by molar-refractivity contribution is -0.243. The molecule has 4 aromatic rings. The zero-order valence-corrected chi connectivity index (χ0v) is 28.3. The third kappa shape index (κ3) is 11.5. The van der Waals surface area contributed by atoms with Crippen molar-refractivity contribution in [3.05, 3.63) is 138 Å². The van der Waals surface area contributed by atoms with Crippen LogP contribution < -0.4 is 0 Å². The molecule has 0 unspecified atom stereocenters. The third-order valence-corrected chi connectivity index (χ3v) is 9.52. The Hall–Kier alpha value is -3.71. The van der Waals surface area contributed by atoms with Crippen LogP contribution in [-0.4, -0.2) is 69.6 Å². The molecule has 5 rings (SSSR count). The maximum absolute atomic E-state index is 13.1. The summed E-state index contributed by atoms with van der Waals surface area (Å²) in [5, 5.41) is 0. The fourth-order valence-corrected chi connectivity index (χ4v) is 6.61. The van der Waals surface area contributed by atoms with Gasteiger partial charge in [-0.15, -0.1) is 0 Å². The van der Waals surface area contributed by atoms with Gasteiger partial charge in [0.15, 0.2) is 15.9 Å². The molecule has 0 radical (unpaired) electrons. The van der Waals surface area contributed by atoms with E-state index in [-0.39, 0.29) is 32.2 Å². The molecule has 0 N–H and O–H groups in total. The van der Waals surface area contributed by atoms with Crippen LogP contribution in [0, 0.1) is 0 Å². The molecular formula is C37H40O9S2. The van der Waals surface area contributed by atoms with Gasteiger partial charge in [0.05, 0.1) is 32.2 Å². The second-order valence-electron chi connectivity index (χ2n) is 11.3. The monoisotopic (exact) mass is 692 g/mol. The molecule has 48 heavy (non-hydrogen) atoms. The average molecular weight is 693 g/mol. The normalized spacial score (nSPS) is 21.0. The van der Waals surface area contributed by atoms with E-state index >= 15 is 0 Å². The highest BCUT2D eigenvalue weighted by molar-refractivity contribution is 7.99. The number of sulfone groups is 1. The van der Waals surface area contributed by atoms with Crippen LogP contribution in [0.15, 0.2) is 126 Å². The minimum absolute atomic E-state index is 0.0681. The number of ether oxygens (including phenoxy) is 6. The SMILES string of the molecule is CS(=O)(=O)CCOC(=O)O[C@H]1[C@H](OCc2ccccc2)[C@@H](OCc2ccccc2)[C@H](Sc2ccccc2)O[C@@H]1COCc1ccccc1. The maximum atomic E-state index is 13.1. The zero-order valence-electron chi connectivity index (χ0n) is 26.7. The Kier molecular flexibility index (Phi) is 13.5. The Balaban J connectivity index is 1.45. The largest absolute Gasteiger partial charge is 0.508 e. The number of hydrogen-bond donors (Lipinski definition) is 0. The number of hydrogen-bond acceptors (Lipinski definition) is 10. The van der Waals surface area contributed by atoms with E-state index in [1.54, 1.807) is 0 Å². The van der Waals surface area contributed by atoms with E-state index in [0.29, 0.717) is 6.61 Å². The summed E-state index contributed by atoms with van der Waals surface area (Å²) in [7, 11) is -3.36. The molecule has 0 aliphatic carbocycles. The van der Waals surface area contributed by atoms with E-state index < -0.39 is 45.8 Å². The van der Waals surface area contributed by atoms with Crippen LogP contribution in [0.2, 0.25) is 0 Å². The zero-order chi connectivity index (χ0) is 33.6. The number of benzene rings is 4. The summed E-state index contributed by atoms with van der Waals surface area (Å²) in [5.41, 5.74) is 2.27. The molecule has 1 saturated heterocycles. The van der Waals surface area contributed by atoms with Crippen LogP contribution in [0.1, 0.15) is 16.7 Å². The van der Waals surface area contributed by atoms with E-state index in [2.05, 4.69) is 0 Å². The quantitative estimate of drug-likeness (QED) is 0.122. The first kappa shape index (κ1) is 35.6. The summed E-state index contributed by atoms with van der Waals surface area (Å²) in [6.07, 6.45) is -3.30. The number of carbonyl (C=O) groups is 1. The van der Waals surface area contributed by atoms with Crippen LogP contribution >= 0.6 is 11.8 Å². The minimum atomic E-state index is -3.36. The van der Waals surface area contributed by atoms with Crippen molar-refractivity contribution in [3.63, 3.8) is 0 Å². The molecule has 1 fully saturated rings. The van der Waals surface area contributed by atoms with Crippen LogP contribution in [0.4, 0.5) is 4.79 Å². The van der Waals surface area contributed by atoms with E-state index in [1.165, 1.54) is 11.8 Å². The molecule has 4 aromatic carbocycles. The molecule has 1 aliphatic rings. The summed E-state index contributed by atoms with van der Waals surface area (Å²) in [6, 6.07) is 39.0. The minimum Gasteiger partial charge on any atom is -0.433 e. The topological polar surface area (TPSA) is 107 Å². The van der Waals surface area contributed by atoms with Gasteiger partial charge < -0.3 is 28.4 Å². The predicted molar refractivity (Wildman–Crippen MR) is 183 cm³/mol. The Morgan fingerprint density at radius 2 is 1.19 bits per heavy atom. The van der Waals surface area contributed by atoms with Gasteiger partial charge in [-0.25, -0.2) is 13.2 Å². The summed E-state index contributed by atoms with van der Waals surface area (Å²) in [4.78, 5) is 14.0. The van der Waals surface area contributed by atoms with Gasteiger partial charge in [-0.1, -0.05) is 121 Å². The van der Waals surface area contributed by atoms with Gasteiger partial charge in [0.25, 0.3) is 0 Å². The van der Waals surface area contributed by atoms with Crippen molar-refractivity contribution in [2.75, 3.05) is 25.2 Å². The molecule has 0 saturated carbocycles. The molecule has 9 nitrogen and oxygen atoms in total. The van der Waals surface area contributed by atoms with Gasteiger partial charge in [-0.3, -0.25) is 0 Å². The molecule has 0 aromatic heterocycles. The van der Waals surface area contributed by atoms with Gasteiger partial charge in [0.1, 0.15) is 30.4 Å². The lowest BCUT2D eigenvalue weighted by Gasteiger charge is -2.45. The smallest absolute Gasteiger partial charge is 0.433 e. The van der Waals surface area contributed by atoms with Crippen molar-refractivity contribution >= 4 is 27.8 Å². The molecule has 0 bridgehead atoms. The maximum Gasteiger partial charge on any atom is 0.508 e. The molecular weight excluding hydrogens is 653 g/mol. The highest BCUT2D eigenvalue weighted by Gasteiger charge is 2.50. The Morgan fingerprint density at radius 1 is 0.688 bits per heavy atom. The van der Waals surface area contributed by atoms with Gasteiger partial charge in [-0.2, -0.15) is 0 Å². The summed E-state index contributed by atoms with van der Waals surface area (Å²) < 4.78 is 60.5. The predicted octanol–water partition coefficient (Wildman–Crippen LogP) is 6.46. The van der Waals surface area contributed by atoms with Crippen molar-refractivity contribution in [2.24, 2.45) is 0 Å².